The molecule has 0 fully saturated rings. The van der Waals surface area contributed by atoms with E-state index >= 15 is 0 Å². The van der Waals surface area contributed by atoms with E-state index in [-0.39, 0.29) is 11.5 Å². The van der Waals surface area contributed by atoms with Gasteiger partial charge in [0.25, 0.3) is 0 Å². The van der Waals surface area contributed by atoms with Gasteiger partial charge in [-0.15, -0.1) is 22.7 Å². The maximum atomic E-state index is 10.7. The van der Waals surface area contributed by atoms with E-state index in [9.17, 15) is 10.2 Å². The van der Waals surface area contributed by atoms with Gasteiger partial charge in [0.05, 0.1) is 9.06 Å². The summed E-state index contributed by atoms with van der Waals surface area (Å²) in [6.07, 6.45) is 0. The zero-order chi connectivity index (χ0) is 17.2. The molecule has 0 saturated carbocycles. The second-order valence-electron chi connectivity index (χ2n) is 6.15. The Balaban J connectivity index is 2.31. The van der Waals surface area contributed by atoms with Gasteiger partial charge in [-0.3, -0.25) is 0 Å². The molecule has 2 aromatic carbocycles. The molecule has 120 valence electrons. The summed E-state index contributed by atoms with van der Waals surface area (Å²) in [6.45, 7) is 12.1. The molecule has 0 aliphatic rings. The first-order valence-electron chi connectivity index (χ1n) is 7.53. The number of rotatable bonds is 0. The van der Waals surface area contributed by atoms with Crippen molar-refractivity contribution < 1.29 is 10.2 Å². The molecule has 0 bridgehead atoms. The Morgan fingerprint density at radius 1 is 0.708 bits per heavy atom. The van der Waals surface area contributed by atoms with Crippen molar-refractivity contribution in [2.24, 2.45) is 0 Å². The zero-order valence-corrected chi connectivity index (χ0v) is 15.1. The minimum Gasteiger partial charge on any atom is -0.506 e. The van der Waals surface area contributed by atoms with Crippen molar-refractivity contribution in [2.45, 2.75) is 13.8 Å². The molecule has 2 heterocycles. The van der Waals surface area contributed by atoms with Crippen LogP contribution in [0.3, 0.4) is 0 Å². The van der Waals surface area contributed by atoms with Crippen LogP contribution in [0.2, 0.25) is 0 Å². The summed E-state index contributed by atoms with van der Waals surface area (Å²) in [5.41, 5.74) is 2.22. The Bertz CT molecular complexity index is 1220. The highest BCUT2D eigenvalue weighted by molar-refractivity contribution is 7.21. The zero-order valence-electron chi connectivity index (χ0n) is 13.4. The van der Waals surface area contributed by atoms with Crippen LogP contribution < -0.4 is 10.4 Å². The number of benzene rings is 2. The summed E-state index contributed by atoms with van der Waals surface area (Å²) in [7, 11) is 0. The molecule has 2 aromatic heterocycles. The molecule has 2 N–H and O–H groups in total. The SMILES string of the molecule is C=c1cc(C)cc2s/c(=c3/sc4cc(C)cc(=C)c4c3O)c(O)c12. The number of aromatic hydroxyl groups is 2. The van der Waals surface area contributed by atoms with Gasteiger partial charge in [0.2, 0.25) is 0 Å². The third kappa shape index (κ3) is 2.07. The molecule has 0 amide bonds. The van der Waals surface area contributed by atoms with E-state index in [0.717, 1.165) is 41.7 Å². The predicted molar refractivity (Wildman–Crippen MR) is 104 cm³/mol. The fourth-order valence-electron chi connectivity index (χ4n) is 3.20. The maximum absolute atomic E-state index is 10.7. The first-order chi connectivity index (χ1) is 11.4. The Kier molecular flexibility index (Phi) is 3.24. The lowest BCUT2D eigenvalue weighted by Crippen LogP contribution is -1.97. The van der Waals surface area contributed by atoms with E-state index in [1.807, 2.05) is 38.1 Å². The maximum Gasteiger partial charge on any atom is 0.143 e. The molecule has 0 aliphatic heterocycles. The lowest BCUT2D eigenvalue weighted by Gasteiger charge is -1.95. The molecule has 0 aliphatic carbocycles. The van der Waals surface area contributed by atoms with Crippen LogP contribution in [0, 0.1) is 22.9 Å². The number of fused-ring (bicyclic) bond motifs is 2. The second kappa shape index (κ2) is 5.10. The third-order valence-electron chi connectivity index (χ3n) is 4.19. The van der Waals surface area contributed by atoms with E-state index in [1.165, 1.54) is 22.7 Å². The summed E-state index contributed by atoms with van der Waals surface area (Å²) in [4.78, 5) is 0. The summed E-state index contributed by atoms with van der Waals surface area (Å²) < 4.78 is 3.35. The van der Waals surface area contributed by atoms with E-state index in [4.69, 9.17) is 0 Å². The van der Waals surface area contributed by atoms with Crippen molar-refractivity contribution in [1.29, 1.82) is 0 Å². The van der Waals surface area contributed by atoms with Crippen molar-refractivity contribution >= 4 is 56.0 Å². The minimum absolute atomic E-state index is 0.198. The van der Waals surface area contributed by atoms with Crippen LogP contribution in [0.1, 0.15) is 11.1 Å². The van der Waals surface area contributed by atoms with Gasteiger partial charge in [-0.2, -0.15) is 0 Å². The highest BCUT2D eigenvalue weighted by atomic mass is 32.1. The quantitative estimate of drug-likeness (QED) is 0.497. The molecule has 2 nitrogen and oxygen atoms in total. The fourth-order valence-corrected chi connectivity index (χ4v) is 5.82. The minimum atomic E-state index is 0.198. The van der Waals surface area contributed by atoms with Crippen molar-refractivity contribution in [3.05, 3.63) is 54.9 Å². The van der Waals surface area contributed by atoms with Gasteiger partial charge in [-0.05, 0) is 47.5 Å². The van der Waals surface area contributed by atoms with Gasteiger partial charge < -0.3 is 10.2 Å². The Labute approximate surface area is 146 Å². The van der Waals surface area contributed by atoms with Gasteiger partial charge in [0.15, 0.2) is 0 Å². The highest BCUT2D eigenvalue weighted by Gasteiger charge is 2.13. The van der Waals surface area contributed by atoms with E-state index < -0.39 is 0 Å². The Hall–Kier alpha value is -2.30. The predicted octanol–water partition coefficient (Wildman–Crippen LogP) is 4.25. The van der Waals surface area contributed by atoms with Crippen molar-refractivity contribution in [1.82, 2.24) is 0 Å². The van der Waals surface area contributed by atoms with Crippen molar-refractivity contribution in [3.63, 3.8) is 0 Å². The highest BCUT2D eigenvalue weighted by Crippen LogP contribution is 2.38. The molecule has 0 saturated heterocycles. The van der Waals surface area contributed by atoms with Crippen LogP contribution in [0.25, 0.3) is 33.3 Å². The lowest BCUT2D eigenvalue weighted by atomic mass is 10.1. The van der Waals surface area contributed by atoms with E-state index in [1.54, 1.807) is 0 Å². The van der Waals surface area contributed by atoms with Crippen LogP contribution >= 0.6 is 22.7 Å². The number of thiophene rings is 2. The van der Waals surface area contributed by atoms with Gasteiger partial charge in [0, 0.05) is 20.2 Å². The molecule has 0 unspecified atom stereocenters. The molecule has 0 spiro atoms. The molecule has 4 heteroatoms. The van der Waals surface area contributed by atoms with Crippen molar-refractivity contribution in [3.8, 4) is 11.5 Å². The standard InChI is InChI=1S/C20H16O2S2/c1-9-5-11(3)15-13(7-9)23-19(17(15)21)20-18(22)16-12(4)6-10(2)8-14(16)24-20/h5-8,21-22H,3-4H2,1-2H3/b20-19+. The molecule has 0 radical (unpaired) electrons. The summed E-state index contributed by atoms with van der Waals surface area (Å²) in [5.74, 6) is 0.397. The summed E-state index contributed by atoms with van der Waals surface area (Å²) in [6, 6.07) is 8.00. The normalized spacial score (nSPS) is 13.1. The lowest BCUT2D eigenvalue weighted by molar-refractivity contribution is 0.472. The first kappa shape index (κ1) is 15.2. The number of aryl methyl sites for hydroxylation is 2. The summed E-state index contributed by atoms with van der Waals surface area (Å²) in [5, 5.41) is 24.6. The van der Waals surface area contributed by atoms with Crippen molar-refractivity contribution in [2.75, 3.05) is 0 Å². The van der Waals surface area contributed by atoms with Gasteiger partial charge >= 0.3 is 0 Å². The first-order valence-corrected chi connectivity index (χ1v) is 9.16. The van der Waals surface area contributed by atoms with Crippen LogP contribution in [0.4, 0.5) is 0 Å². The number of hydrogen-bond donors (Lipinski definition) is 2. The van der Waals surface area contributed by atoms with Gasteiger partial charge in [0.1, 0.15) is 11.5 Å². The average Bonchev–Trinajstić information content (AvgIpc) is 2.96. The monoisotopic (exact) mass is 352 g/mol. The Morgan fingerprint density at radius 3 is 1.46 bits per heavy atom. The smallest absolute Gasteiger partial charge is 0.143 e. The molecular formula is C20H16O2S2. The topological polar surface area (TPSA) is 40.5 Å². The molecule has 4 rings (SSSR count). The third-order valence-corrected chi connectivity index (χ3v) is 6.61. The fraction of sp³-hybridized carbons (Fsp3) is 0.100. The van der Waals surface area contributed by atoms with Gasteiger partial charge in [-0.25, -0.2) is 0 Å². The molecular weight excluding hydrogens is 336 g/mol. The largest absolute Gasteiger partial charge is 0.506 e. The summed E-state index contributed by atoms with van der Waals surface area (Å²) >= 11 is 2.97. The molecule has 4 aromatic rings. The van der Waals surface area contributed by atoms with Crippen LogP contribution in [0.15, 0.2) is 24.3 Å². The molecule has 0 atom stereocenters. The molecule has 24 heavy (non-hydrogen) atoms. The van der Waals surface area contributed by atoms with Crippen LogP contribution in [0.5, 0.6) is 11.5 Å². The van der Waals surface area contributed by atoms with Crippen LogP contribution in [-0.2, 0) is 0 Å². The van der Waals surface area contributed by atoms with E-state index in [0.29, 0.717) is 9.06 Å². The second-order valence-corrected chi connectivity index (χ2v) is 8.26. The van der Waals surface area contributed by atoms with E-state index in [2.05, 4.69) is 13.2 Å². The van der Waals surface area contributed by atoms with Gasteiger partial charge in [-0.1, -0.05) is 25.3 Å². The number of hydrogen-bond acceptors (Lipinski definition) is 4. The average molecular weight is 352 g/mol. The Morgan fingerprint density at radius 2 is 1.08 bits per heavy atom. The van der Waals surface area contributed by atoms with Crippen LogP contribution in [-0.4, -0.2) is 10.2 Å².